The molecule has 3 rings (SSSR count). The van der Waals surface area contributed by atoms with Crippen molar-refractivity contribution in [3.05, 3.63) is 24.0 Å². The molecule has 90 valence electrons. The van der Waals surface area contributed by atoms with Gasteiger partial charge >= 0.3 is 5.97 Å². The fraction of sp³-hybridized carbons (Fsp3) is 0.500. The number of esters is 1. The number of pyridine rings is 1. The highest BCUT2D eigenvalue weighted by Gasteiger charge is 2.49. The fourth-order valence-corrected chi connectivity index (χ4v) is 2.35. The van der Waals surface area contributed by atoms with Gasteiger partial charge in [-0.2, -0.15) is 0 Å². The van der Waals surface area contributed by atoms with Crippen molar-refractivity contribution in [1.29, 1.82) is 0 Å². The van der Waals surface area contributed by atoms with Crippen molar-refractivity contribution in [3.8, 4) is 0 Å². The molecule has 2 fully saturated rings. The Balaban J connectivity index is 1.73. The summed E-state index contributed by atoms with van der Waals surface area (Å²) in [7, 11) is 1.37. The predicted octanol–water partition coefficient (Wildman–Crippen LogP) is 0.705. The van der Waals surface area contributed by atoms with Gasteiger partial charge in [-0.15, -0.1) is 0 Å². The maximum atomic E-state index is 11.4. The zero-order chi connectivity index (χ0) is 11.9. The summed E-state index contributed by atoms with van der Waals surface area (Å²) in [5.74, 6) is -0.346. The first-order valence-corrected chi connectivity index (χ1v) is 5.59. The minimum absolute atomic E-state index is 0.346. The molecule has 0 bridgehead atoms. The number of nitrogens with zero attached hydrogens (tertiary/aromatic N) is 2. The third kappa shape index (κ3) is 1.67. The lowest BCUT2D eigenvalue weighted by molar-refractivity contribution is -0.127. The van der Waals surface area contributed by atoms with Crippen molar-refractivity contribution < 1.29 is 14.3 Å². The van der Waals surface area contributed by atoms with Crippen molar-refractivity contribution in [3.63, 3.8) is 0 Å². The van der Waals surface area contributed by atoms with E-state index in [0.717, 1.165) is 32.0 Å². The van der Waals surface area contributed by atoms with Crippen LogP contribution < -0.4 is 4.90 Å². The van der Waals surface area contributed by atoms with Gasteiger partial charge < -0.3 is 14.4 Å². The van der Waals surface area contributed by atoms with Crippen LogP contribution in [0.25, 0.3) is 0 Å². The smallest absolute Gasteiger partial charge is 0.339 e. The highest BCUT2D eigenvalue weighted by atomic mass is 16.5. The first-order valence-electron chi connectivity index (χ1n) is 5.59. The van der Waals surface area contributed by atoms with Crippen LogP contribution in [0.3, 0.4) is 0 Å². The third-order valence-electron chi connectivity index (χ3n) is 3.38. The van der Waals surface area contributed by atoms with E-state index in [-0.39, 0.29) is 5.97 Å². The van der Waals surface area contributed by atoms with Crippen LogP contribution in [0, 0.1) is 5.41 Å². The van der Waals surface area contributed by atoms with Gasteiger partial charge in [-0.05, 0) is 6.07 Å². The van der Waals surface area contributed by atoms with Gasteiger partial charge in [0.15, 0.2) is 0 Å². The maximum absolute atomic E-state index is 11.4. The van der Waals surface area contributed by atoms with Gasteiger partial charge in [-0.1, -0.05) is 0 Å². The molecule has 17 heavy (non-hydrogen) atoms. The number of carbonyl (C=O) groups excluding carboxylic acids is 1. The van der Waals surface area contributed by atoms with E-state index in [9.17, 15) is 4.79 Å². The zero-order valence-electron chi connectivity index (χ0n) is 9.68. The average molecular weight is 234 g/mol. The molecule has 0 saturated carbocycles. The van der Waals surface area contributed by atoms with Crippen molar-refractivity contribution in [1.82, 2.24) is 4.98 Å². The number of anilines is 1. The molecule has 2 saturated heterocycles. The molecule has 0 atom stereocenters. The highest BCUT2D eigenvalue weighted by molar-refractivity contribution is 5.90. The summed E-state index contributed by atoms with van der Waals surface area (Å²) >= 11 is 0. The van der Waals surface area contributed by atoms with E-state index in [0.29, 0.717) is 11.0 Å². The minimum Gasteiger partial charge on any atom is -0.465 e. The van der Waals surface area contributed by atoms with E-state index in [2.05, 4.69) is 14.6 Å². The zero-order valence-corrected chi connectivity index (χ0v) is 9.68. The summed E-state index contributed by atoms with van der Waals surface area (Å²) in [6.45, 7) is 3.68. The maximum Gasteiger partial charge on any atom is 0.339 e. The van der Waals surface area contributed by atoms with E-state index >= 15 is 0 Å². The molecule has 0 radical (unpaired) electrons. The molecule has 1 spiro atoms. The molecule has 0 amide bonds. The fourth-order valence-electron chi connectivity index (χ4n) is 2.35. The minimum atomic E-state index is -0.346. The van der Waals surface area contributed by atoms with E-state index in [1.165, 1.54) is 13.3 Å². The first-order chi connectivity index (χ1) is 8.22. The van der Waals surface area contributed by atoms with Crippen LogP contribution in [0.2, 0.25) is 0 Å². The molecule has 1 aromatic heterocycles. The van der Waals surface area contributed by atoms with Gasteiger partial charge in [0.05, 0.1) is 43.2 Å². The molecular weight excluding hydrogens is 220 g/mol. The van der Waals surface area contributed by atoms with E-state index in [1.54, 1.807) is 6.20 Å². The monoisotopic (exact) mass is 234 g/mol. The summed E-state index contributed by atoms with van der Waals surface area (Å²) in [5.41, 5.74) is 1.84. The van der Waals surface area contributed by atoms with Gasteiger partial charge in [0.25, 0.3) is 0 Å². The van der Waals surface area contributed by atoms with E-state index in [4.69, 9.17) is 4.74 Å². The first kappa shape index (κ1) is 10.5. The number of carbonyl (C=O) groups is 1. The topological polar surface area (TPSA) is 51.7 Å². The van der Waals surface area contributed by atoms with Gasteiger partial charge in [0, 0.05) is 19.3 Å². The lowest BCUT2D eigenvalue weighted by Crippen LogP contribution is -2.66. The Morgan fingerprint density at radius 1 is 1.47 bits per heavy atom. The van der Waals surface area contributed by atoms with Crippen LogP contribution in [0.4, 0.5) is 5.69 Å². The highest BCUT2D eigenvalue weighted by Crippen LogP contribution is 2.39. The van der Waals surface area contributed by atoms with E-state index in [1.807, 2.05) is 6.07 Å². The summed E-state index contributed by atoms with van der Waals surface area (Å²) < 4.78 is 9.91. The Kier molecular flexibility index (Phi) is 2.29. The van der Waals surface area contributed by atoms with Gasteiger partial charge in [0.1, 0.15) is 0 Å². The lowest BCUT2D eigenvalue weighted by Gasteiger charge is -2.55. The Morgan fingerprint density at radius 3 is 2.82 bits per heavy atom. The van der Waals surface area contributed by atoms with Gasteiger partial charge in [-0.25, -0.2) is 4.79 Å². The summed E-state index contributed by atoms with van der Waals surface area (Å²) in [5, 5.41) is 0. The molecule has 2 aliphatic heterocycles. The van der Waals surface area contributed by atoms with Gasteiger partial charge in [-0.3, -0.25) is 4.98 Å². The average Bonchev–Trinajstić information content (AvgIpc) is 2.25. The summed E-state index contributed by atoms with van der Waals surface area (Å²) in [6, 6.07) is 1.82. The molecule has 0 aliphatic carbocycles. The molecule has 0 unspecified atom stereocenters. The third-order valence-corrected chi connectivity index (χ3v) is 3.38. The van der Waals surface area contributed by atoms with Crippen LogP contribution in [0.5, 0.6) is 0 Å². The van der Waals surface area contributed by atoms with Crippen LogP contribution in [0.1, 0.15) is 10.4 Å². The van der Waals surface area contributed by atoms with Crippen LogP contribution in [0.15, 0.2) is 18.5 Å². The number of hydrogen-bond acceptors (Lipinski definition) is 5. The van der Waals surface area contributed by atoms with Crippen LogP contribution in [-0.2, 0) is 9.47 Å². The molecule has 5 nitrogen and oxygen atoms in total. The summed E-state index contributed by atoms with van der Waals surface area (Å²) in [4.78, 5) is 17.7. The number of aromatic nitrogens is 1. The largest absolute Gasteiger partial charge is 0.465 e. The Labute approximate surface area is 99.3 Å². The molecule has 1 aromatic rings. The Morgan fingerprint density at radius 2 is 2.24 bits per heavy atom. The Hall–Kier alpha value is -1.62. The quantitative estimate of drug-likeness (QED) is 0.705. The number of rotatable bonds is 2. The van der Waals surface area contributed by atoms with Crippen molar-refractivity contribution >= 4 is 11.7 Å². The molecule has 0 aromatic carbocycles. The Bertz CT molecular complexity index is 449. The molecule has 0 N–H and O–H groups in total. The van der Waals surface area contributed by atoms with Crippen LogP contribution in [-0.4, -0.2) is 44.4 Å². The number of ether oxygens (including phenoxy) is 2. The van der Waals surface area contributed by atoms with Crippen LogP contribution >= 0.6 is 0 Å². The second kappa shape index (κ2) is 3.70. The van der Waals surface area contributed by atoms with Crippen molar-refractivity contribution in [2.24, 2.45) is 5.41 Å². The van der Waals surface area contributed by atoms with Gasteiger partial charge in [0.2, 0.25) is 0 Å². The number of methoxy groups -OCH3 is 1. The molecule has 5 heteroatoms. The normalized spacial score (nSPS) is 20.6. The van der Waals surface area contributed by atoms with Crippen molar-refractivity contribution in [2.45, 2.75) is 0 Å². The molecule has 3 heterocycles. The second-order valence-electron chi connectivity index (χ2n) is 4.77. The van der Waals surface area contributed by atoms with Crippen molar-refractivity contribution in [2.75, 3.05) is 38.3 Å². The second-order valence-corrected chi connectivity index (χ2v) is 4.77. The molecule has 2 aliphatic rings. The lowest BCUT2D eigenvalue weighted by atomic mass is 9.78. The standard InChI is InChI=1S/C12H14N2O3/c1-16-11(15)9-2-10(4-13-3-9)14-5-12(6-14)7-17-8-12/h2-4H,5-8H2,1H3. The predicted molar refractivity (Wildman–Crippen MR) is 61.0 cm³/mol. The van der Waals surface area contributed by atoms with E-state index < -0.39 is 0 Å². The SMILES string of the molecule is COC(=O)c1cncc(N2CC3(COC3)C2)c1. The summed E-state index contributed by atoms with van der Waals surface area (Å²) in [6.07, 6.45) is 3.30. The number of hydrogen-bond donors (Lipinski definition) is 0. The molecular formula is C12H14N2O3.